The van der Waals surface area contributed by atoms with Crippen LogP contribution in [0.4, 0.5) is 0 Å². The highest BCUT2D eigenvalue weighted by Gasteiger charge is 2.08. The van der Waals surface area contributed by atoms with Crippen LogP contribution in [0.25, 0.3) is 23.1 Å². The lowest BCUT2D eigenvalue weighted by molar-refractivity contribution is 0.414. The second-order valence-electron chi connectivity index (χ2n) is 4.70. The molecule has 3 rings (SSSR count). The molecule has 23 heavy (non-hydrogen) atoms. The Morgan fingerprint density at radius 1 is 1.17 bits per heavy atom. The lowest BCUT2D eigenvalue weighted by atomic mass is 10.2. The summed E-state index contributed by atoms with van der Waals surface area (Å²) in [5.74, 6) is 0.669. The van der Waals surface area contributed by atoms with Gasteiger partial charge < -0.3 is 9.15 Å². The van der Waals surface area contributed by atoms with Gasteiger partial charge in [0, 0.05) is 16.7 Å². The van der Waals surface area contributed by atoms with Crippen molar-refractivity contribution in [3.8, 4) is 5.75 Å². The monoisotopic (exact) mass is 347 g/mol. The van der Waals surface area contributed by atoms with Crippen LogP contribution < -0.4 is 10.4 Å². The molecule has 116 valence electrons. The Hall–Kier alpha value is -2.30. The summed E-state index contributed by atoms with van der Waals surface area (Å²) in [6, 6.07) is 10.3. The first-order chi connectivity index (χ1) is 11.1. The quantitative estimate of drug-likeness (QED) is 0.690. The zero-order valence-electron chi connectivity index (χ0n) is 12.0. The number of nitrogens with zero attached hydrogens (tertiary/aromatic N) is 1. The van der Waals surface area contributed by atoms with Crippen LogP contribution in [0.1, 0.15) is 11.5 Å². The van der Waals surface area contributed by atoms with E-state index in [2.05, 4.69) is 4.98 Å². The van der Waals surface area contributed by atoms with Crippen LogP contribution in [0.3, 0.4) is 0 Å². The summed E-state index contributed by atoms with van der Waals surface area (Å²) in [6.07, 6.45) is 3.25. The van der Waals surface area contributed by atoms with E-state index < -0.39 is 5.63 Å². The van der Waals surface area contributed by atoms with Crippen molar-refractivity contribution in [2.45, 2.75) is 0 Å². The second kappa shape index (κ2) is 6.44. The van der Waals surface area contributed by atoms with Crippen LogP contribution in [0.15, 0.2) is 45.6 Å². The number of rotatable bonds is 3. The number of para-hydroxylation sites is 1. The molecule has 0 aliphatic rings. The fraction of sp³-hybridized carbons (Fsp3) is 0.0588. The molecule has 0 saturated carbocycles. The van der Waals surface area contributed by atoms with Crippen molar-refractivity contribution in [3.63, 3.8) is 0 Å². The van der Waals surface area contributed by atoms with Crippen LogP contribution in [0, 0.1) is 0 Å². The van der Waals surface area contributed by atoms with E-state index in [0.29, 0.717) is 32.3 Å². The number of hydrogen-bond donors (Lipinski definition) is 0. The van der Waals surface area contributed by atoms with E-state index in [1.807, 2.05) is 6.07 Å². The Kier molecular flexibility index (Phi) is 4.37. The van der Waals surface area contributed by atoms with E-state index in [9.17, 15) is 4.79 Å². The maximum Gasteiger partial charge on any atom is 0.347 e. The molecule has 0 unspecified atom stereocenters. The molecule has 3 aromatic rings. The SMILES string of the molecule is COc1c(Cl)cc(Cl)cc1C=Cc1nc2ccccc2c(=O)o1. The molecule has 1 aromatic heterocycles. The molecule has 0 atom stereocenters. The Morgan fingerprint density at radius 2 is 1.96 bits per heavy atom. The van der Waals surface area contributed by atoms with Gasteiger partial charge >= 0.3 is 5.63 Å². The molecule has 0 spiro atoms. The highest BCUT2D eigenvalue weighted by molar-refractivity contribution is 6.36. The topological polar surface area (TPSA) is 52.3 Å². The molecule has 0 bridgehead atoms. The van der Waals surface area contributed by atoms with E-state index in [1.165, 1.54) is 7.11 Å². The molecule has 2 aromatic carbocycles. The van der Waals surface area contributed by atoms with Crippen molar-refractivity contribution in [2.75, 3.05) is 7.11 Å². The third-order valence-corrected chi connectivity index (χ3v) is 3.70. The average Bonchev–Trinajstić information content (AvgIpc) is 2.52. The molecule has 0 N–H and O–H groups in total. The first kappa shape index (κ1) is 15.6. The number of benzene rings is 2. The van der Waals surface area contributed by atoms with Crippen LogP contribution in [0.5, 0.6) is 5.75 Å². The van der Waals surface area contributed by atoms with Crippen LogP contribution in [-0.4, -0.2) is 12.1 Å². The fourth-order valence-electron chi connectivity index (χ4n) is 2.19. The number of halogens is 2. The van der Waals surface area contributed by atoms with Crippen molar-refractivity contribution >= 4 is 46.3 Å². The Morgan fingerprint density at radius 3 is 2.74 bits per heavy atom. The summed E-state index contributed by atoms with van der Waals surface area (Å²) >= 11 is 12.1. The summed E-state index contributed by atoms with van der Waals surface area (Å²) in [5, 5.41) is 1.31. The molecule has 0 aliphatic carbocycles. The van der Waals surface area contributed by atoms with E-state index >= 15 is 0 Å². The molecule has 0 amide bonds. The molecule has 0 saturated heterocycles. The van der Waals surface area contributed by atoms with Crippen molar-refractivity contribution < 1.29 is 9.15 Å². The largest absolute Gasteiger partial charge is 0.495 e. The average molecular weight is 348 g/mol. The number of methoxy groups -OCH3 is 1. The van der Waals surface area contributed by atoms with Gasteiger partial charge in [-0.2, -0.15) is 0 Å². The summed E-state index contributed by atoms with van der Waals surface area (Å²) in [5.41, 5.74) is 0.786. The number of hydrogen-bond acceptors (Lipinski definition) is 4. The van der Waals surface area contributed by atoms with Crippen LogP contribution in [-0.2, 0) is 0 Å². The number of fused-ring (bicyclic) bond motifs is 1. The Bertz CT molecular complexity index is 964. The van der Waals surface area contributed by atoms with Gasteiger partial charge in [0.1, 0.15) is 5.75 Å². The molecule has 0 aliphatic heterocycles. The summed E-state index contributed by atoms with van der Waals surface area (Å²) < 4.78 is 10.4. The van der Waals surface area contributed by atoms with Gasteiger partial charge in [-0.05, 0) is 30.3 Å². The molecular weight excluding hydrogens is 337 g/mol. The lowest BCUT2D eigenvalue weighted by Gasteiger charge is -2.07. The molecule has 6 heteroatoms. The van der Waals surface area contributed by atoms with Gasteiger partial charge in [0.05, 0.1) is 23.0 Å². The Balaban J connectivity index is 2.06. The molecular formula is C17H11Cl2NO3. The van der Waals surface area contributed by atoms with E-state index in [-0.39, 0.29) is 5.89 Å². The van der Waals surface area contributed by atoms with Gasteiger partial charge in [-0.1, -0.05) is 35.3 Å². The van der Waals surface area contributed by atoms with Crippen molar-refractivity contribution in [2.24, 2.45) is 0 Å². The van der Waals surface area contributed by atoms with E-state index in [4.69, 9.17) is 32.4 Å². The van der Waals surface area contributed by atoms with Gasteiger partial charge in [0.15, 0.2) is 0 Å². The highest BCUT2D eigenvalue weighted by atomic mass is 35.5. The van der Waals surface area contributed by atoms with Gasteiger partial charge in [-0.25, -0.2) is 9.78 Å². The van der Waals surface area contributed by atoms with Gasteiger partial charge in [-0.3, -0.25) is 0 Å². The van der Waals surface area contributed by atoms with E-state index in [0.717, 1.165) is 0 Å². The summed E-state index contributed by atoms with van der Waals surface area (Å²) in [7, 11) is 1.51. The minimum Gasteiger partial charge on any atom is -0.495 e. The fourth-order valence-corrected chi connectivity index (χ4v) is 2.77. The van der Waals surface area contributed by atoms with Crippen molar-refractivity contribution in [3.05, 3.63) is 68.3 Å². The summed E-state index contributed by atoms with van der Waals surface area (Å²) in [6.45, 7) is 0. The van der Waals surface area contributed by atoms with Gasteiger partial charge in [0.2, 0.25) is 5.89 Å². The zero-order chi connectivity index (χ0) is 16.4. The van der Waals surface area contributed by atoms with E-state index in [1.54, 1.807) is 42.5 Å². The summed E-state index contributed by atoms with van der Waals surface area (Å²) in [4.78, 5) is 16.2. The molecule has 1 heterocycles. The normalized spacial score (nSPS) is 11.3. The number of ether oxygens (including phenoxy) is 1. The predicted molar refractivity (Wildman–Crippen MR) is 92.2 cm³/mol. The van der Waals surface area contributed by atoms with Crippen molar-refractivity contribution in [1.82, 2.24) is 4.98 Å². The molecule has 0 radical (unpaired) electrons. The van der Waals surface area contributed by atoms with Crippen LogP contribution >= 0.6 is 23.2 Å². The maximum absolute atomic E-state index is 11.9. The van der Waals surface area contributed by atoms with Gasteiger partial charge in [-0.15, -0.1) is 0 Å². The minimum atomic E-state index is -0.439. The third kappa shape index (κ3) is 3.23. The minimum absolute atomic E-state index is 0.187. The smallest absolute Gasteiger partial charge is 0.347 e. The second-order valence-corrected chi connectivity index (χ2v) is 5.54. The first-order valence-corrected chi connectivity index (χ1v) is 7.45. The van der Waals surface area contributed by atoms with Crippen molar-refractivity contribution in [1.29, 1.82) is 0 Å². The van der Waals surface area contributed by atoms with Crippen LogP contribution in [0.2, 0.25) is 10.0 Å². The highest BCUT2D eigenvalue weighted by Crippen LogP contribution is 2.33. The predicted octanol–water partition coefficient (Wildman–Crippen LogP) is 4.67. The zero-order valence-corrected chi connectivity index (χ0v) is 13.6. The maximum atomic E-state index is 11.9. The molecule has 0 fully saturated rings. The lowest BCUT2D eigenvalue weighted by Crippen LogP contribution is -2.02. The molecule has 4 nitrogen and oxygen atoms in total. The standard InChI is InChI=1S/C17H11Cl2NO3/c1-22-16-10(8-11(18)9-13(16)19)6-7-15-20-14-5-3-2-4-12(14)17(21)23-15/h2-9H,1H3. The Labute approximate surface area is 141 Å². The first-order valence-electron chi connectivity index (χ1n) is 6.69. The third-order valence-electron chi connectivity index (χ3n) is 3.20. The number of aromatic nitrogens is 1. The van der Waals surface area contributed by atoms with Gasteiger partial charge in [0.25, 0.3) is 0 Å².